The van der Waals surface area contributed by atoms with E-state index in [2.05, 4.69) is 4.99 Å². The normalized spacial score (nSPS) is 12.5. The van der Waals surface area contributed by atoms with E-state index in [0.29, 0.717) is 5.56 Å². The fourth-order valence-corrected chi connectivity index (χ4v) is 1.16. The van der Waals surface area contributed by atoms with Crippen molar-refractivity contribution in [3.8, 4) is 5.75 Å². The molecule has 1 aromatic rings. The Hall–Kier alpha value is -2.37. The average Bonchev–Trinajstić information content (AvgIpc) is 2.25. The molecule has 0 heterocycles. The maximum atomic E-state index is 10.8. The van der Waals surface area contributed by atoms with E-state index >= 15 is 0 Å². The monoisotopic (exact) mass is 236 g/mol. The van der Waals surface area contributed by atoms with Crippen LogP contribution in [0, 0.1) is 0 Å². The second-order valence-corrected chi connectivity index (χ2v) is 3.36. The third-order valence-corrected chi connectivity index (χ3v) is 2.01. The summed E-state index contributed by atoms with van der Waals surface area (Å²) in [7, 11) is 0. The van der Waals surface area contributed by atoms with E-state index in [1.807, 2.05) is 0 Å². The number of rotatable bonds is 5. The number of carbonyl (C=O) groups is 2. The topological polar surface area (TPSA) is 113 Å². The molecule has 0 aliphatic rings. The Bertz CT molecular complexity index is 457. The van der Waals surface area contributed by atoms with Crippen molar-refractivity contribution in [3.05, 3.63) is 29.8 Å². The highest BCUT2D eigenvalue weighted by Crippen LogP contribution is 2.13. The third-order valence-electron chi connectivity index (χ3n) is 2.01. The van der Waals surface area contributed by atoms with E-state index < -0.39 is 17.9 Å². The highest BCUT2D eigenvalue weighted by Gasteiger charge is 2.17. The molecule has 0 aliphatic heterocycles. The average molecular weight is 236 g/mol. The number of aliphatic imine (C=N–C) groups is 1. The van der Waals surface area contributed by atoms with Gasteiger partial charge >= 0.3 is 5.97 Å². The number of aromatic hydroxyl groups is 1. The fraction of sp³-hybridized carbons (Fsp3) is 0.182. The fourth-order valence-electron chi connectivity index (χ4n) is 1.16. The zero-order chi connectivity index (χ0) is 12.8. The number of hydrogen-bond donors (Lipinski definition) is 3. The molecule has 0 fully saturated rings. The van der Waals surface area contributed by atoms with Gasteiger partial charge in [0.25, 0.3) is 0 Å². The summed E-state index contributed by atoms with van der Waals surface area (Å²) in [4.78, 5) is 25.1. The van der Waals surface area contributed by atoms with Crippen LogP contribution in [0.4, 0.5) is 0 Å². The standard InChI is InChI=1S/C11H12N2O4/c12-10(15)5-8(11(16)17)13-6-7-3-1-2-4-9(7)14/h1-4,6,8,14H,5H2,(H2,12,15)(H,16,17). The third kappa shape index (κ3) is 3.94. The number of nitrogens with two attached hydrogens (primary N) is 1. The number of phenols is 1. The van der Waals surface area contributed by atoms with Crippen LogP contribution in [0.2, 0.25) is 0 Å². The second kappa shape index (κ2) is 5.64. The Morgan fingerprint density at radius 2 is 2.06 bits per heavy atom. The largest absolute Gasteiger partial charge is 0.507 e. The van der Waals surface area contributed by atoms with E-state index in [0.717, 1.165) is 0 Å². The summed E-state index contributed by atoms with van der Waals surface area (Å²) in [5.41, 5.74) is 5.28. The van der Waals surface area contributed by atoms with Crippen molar-refractivity contribution in [3.63, 3.8) is 0 Å². The summed E-state index contributed by atoms with van der Waals surface area (Å²) in [6.45, 7) is 0. The number of amides is 1. The molecule has 1 atom stereocenters. The molecular weight excluding hydrogens is 224 g/mol. The minimum atomic E-state index is -1.24. The van der Waals surface area contributed by atoms with Crippen LogP contribution in [0.3, 0.4) is 0 Å². The van der Waals surface area contributed by atoms with Crippen LogP contribution in [0.25, 0.3) is 0 Å². The molecule has 0 radical (unpaired) electrons. The predicted octanol–water partition coefficient (Wildman–Crippen LogP) is 0.140. The molecule has 1 rings (SSSR count). The lowest BCUT2D eigenvalue weighted by atomic mass is 10.2. The Labute approximate surface area is 97.4 Å². The van der Waals surface area contributed by atoms with Gasteiger partial charge in [-0.1, -0.05) is 12.1 Å². The minimum absolute atomic E-state index is 0.0144. The molecule has 0 saturated carbocycles. The van der Waals surface area contributed by atoms with Gasteiger partial charge in [-0.25, -0.2) is 4.79 Å². The van der Waals surface area contributed by atoms with Gasteiger partial charge in [0.1, 0.15) is 5.75 Å². The first-order valence-electron chi connectivity index (χ1n) is 4.83. The zero-order valence-corrected chi connectivity index (χ0v) is 8.91. The van der Waals surface area contributed by atoms with Crippen LogP contribution in [0.1, 0.15) is 12.0 Å². The first-order chi connectivity index (χ1) is 8.00. The van der Waals surface area contributed by atoms with Gasteiger partial charge in [0.05, 0.1) is 6.42 Å². The summed E-state index contributed by atoms with van der Waals surface area (Å²) in [5, 5.41) is 18.2. The van der Waals surface area contributed by atoms with Gasteiger partial charge in [-0.2, -0.15) is 0 Å². The Kier molecular flexibility index (Phi) is 4.21. The van der Waals surface area contributed by atoms with Crippen molar-refractivity contribution in [2.75, 3.05) is 0 Å². The number of nitrogens with zero attached hydrogens (tertiary/aromatic N) is 1. The van der Waals surface area contributed by atoms with Gasteiger partial charge in [0.15, 0.2) is 6.04 Å². The number of hydrogen-bond acceptors (Lipinski definition) is 4. The summed E-state index contributed by atoms with van der Waals surface area (Å²) >= 11 is 0. The van der Waals surface area contributed by atoms with Crippen LogP contribution in [0.15, 0.2) is 29.3 Å². The number of carboxylic acids is 1. The second-order valence-electron chi connectivity index (χ2n) is 3.36. The summed E-state index contributed by atoms with van der Waals surface area (Å²) < 4.78 is 0. The van der Waals surface area contributed by atoms with Crippen LogP contribution < -0.4 is 5.73 Å². The van der Waals surface area contributed by atoms with Gasteiger partial charge in [0, 0.05) is 11.8 Å². The minimum Gasteiger partial charge on any atom is -0.507 e. The van der Waals surface area contributed by atoms with Crippen molar-refractivity contribution in [1.82, 2.24) is 0 Å². The van der Waals surface area contributed by atoms with Crippen molar-refractivity contribution < 1.29 is 19.8 Å². The molecular formula is C11H12N2O4. The van der Waals surface area contributed by atoms with E-state index in [9.17, 15) is 14.7 Å². The summed E-state index contributed by atoms with van der Waals surface area (Å²) in [6.07, 6.45) is 0.830. The molecule has 1 unspecified atom stereocenters. The molecule has 1 aromatic carbocycles. The lowest BCUT2D eigenvalue weighted by molar-refractivity contribution is -0.140. The van der Waals surface area contributed by atoms with Gasteiger partial charge in [-0.15, -0.1) is 0 Å². The smallest absolute Gasteiger partial charge is 0.328 e. The Morgan fingerprint density at radius 1 is 1.41 bits per heavy atom. The molecule has 0 spiro atoms. The Morgan fingerprint density at radius 3 is 2.59 bits per heavy atom. The van der Waals surface area contributed by atoms with Crippen LogP contribution in [-0.2, 0) is 9.59 Å². The van der Waals surface area contributed by atoms with Crippen molar-refractivity contribution in [1.29, 1.82) is 0 Å². The summed E-state index contributed by atoms with van der Waals surface area (Å²) in [5.74, 6) is -2.00. The highest BCUT2D eigenvalue weighted by molar-refractivity contribution is 5.88. The first-order valence-corrected chi connectivity index (χ1v) is 4.83. The van der Waals surface area contributed by atoms with E-state index in [4.69, 9.17) is 10.8 Å². The number of phenolic OH excluding ortho intramolecular Hbond substituents is 1. The van der Waals surface area contributed by atoms with Crippen molar-refractivity contribution in [2.24, 2.45) is 10.7 Å². The van der Waals surface area contributed by atoms with Crippen LogP contribution in [-0.4, -0.2) is 34.3 Å². The van der Waals surface area contributed by atoms with Gasteiger partial charge in [-0.3, -0.25) is 9.79 Å². The van der Waals surface area contributed by atoms with Gasteiger partial charge in [-0.05, 0) is 12.1 Å². The lowest BCUT2D eigenvalue weighted by Crippen LogP contribution is -2.25. The number of primary amides is 1. The maximum absolute atomic E-state index is 10.8. The summed E-state index contributed by atoms with van der Waals surface area (Å²) in [6, 6.07) is 5.09. The van der Waals surface area contributed by atoms with Crippen LogP contribution in [0.5, 0.6) is 5.75 Å². The molecule has 90 valence electrons. The van der Waals surface area contributed by atoms with Crippen molar-refractivity contribution >= 4 is 18.1 Å². The molecule has 0 bridgehead atoms. The van der Waals surface area contributed by atoms with Gasteiger partial charge in [0.2, 0.25) is 5.91 Å². The molecule has 1 amide bonds. The van der Waals surface area contributed by atoms with E-state index in [1.54, 1.807) is 18.2 Å². The van der Waals surface area contributed by atoms with E-state index in [1.165, 1.54) is 12.3 Å². The number of para-hydroxylation sites is 1. The number of carboxylic acid groups (broad SMARTS) is 1. The predicted molar refractivity (Wildman–Crippen MR) is 60.9 cm³/mol. The van der Waals surface area contributed by atoms with Crippen LogP contribution >= 0.6 is 0 Å². The van der Waals surface area contributed by atoms with Gasteiger partial charge < -0.3 is 15.9 Å². The first kappa shape index (κ1) is 12.7. The van der Waals surface area contributed by atoms with Crippen molar-refractivity contribution in [2.45, 2.75) is 12.5 Å². The quantitative estimate of drug-likeness (QED) is 0.631. The molecule has 0 aliphatic carbocycles. The lowest BCUT2D eigenvalue weighted by Gasteiger charge is -2.04. The maximum Gasteiger partial charge on any atom is 0.328 e. The molecule has 0 aromatic heterocycles. The molecule has 6 heteroatoms. The van der Waals surface area contributed by atoms with E-state index in [-0.39, 0.29) is 12.2 Å². The number of benzene rings is 1. The number of carbonyl (C=O) groups excluding carboxylic acids is 1. The molecule has 17 heavy (non-hydrogen) atoms. The SMILES string of the molecule is NC(=O)CC(N=Cc1ccccc1O)C(=O)O. The molecule has 6 nitrogen and oxygen atoms in total. The molecule has 4 N–H and O–H groups in total. The Balaban J connectivity index is 2.83. The zero-order valence-electron chi connectivity index (χ0n) is 8.91. The highest BCUT2D eigenvalue weighted by atomic mass is 16.4. The number of aliphatic carboxylic acids is 1. The molecule has 0 saturated heterocycles.